The normalized spacial score (nSPS) is 11.2. The number of rotatable bonds is 3. The summed E-state index contributed by atoms with van der Waals surface area (Å²) in [4.78, 5) is 8.71. The lowest BCUT2D eigenvalue weighted by Gasteiger charge is -2.13. The third kappa shape index (κ3) is 2.42. The molecule has 2 nitrogen and oxygen atoms in total. The molecule has 0 fully saturated rings. The van der Waals surface area contributed by atoms with Gasteiger partial charge in [0, 0.05) is 24.0 Å². The molecule has 1 aromatic carbocycles. The van der Waals surface area contributed by atoms with Crippen molar-refractivity contribution in [3.63, 3.8) is 0 Å². The summed E-state index contributed by atoms with van der Waals surface area (Å²) in [6.45, 7) is 4.45. The zero-order chi connectivity index (χ0) is 13.9. The minimum Gasteiger partial charge on any atom is -0.264 e. The van der Waals surface area contributed by atoms with Crippen molar-refractivity contribution in [1.29, 1.82) is 0 Å². The summed E-state index contributed by atoms with van der Waals surface area (Å²) in [5, 5.41) is 1.23. The van der Waals surface area contributed by atoms with E-state index in [1.807, 2.05) is 24.7 Å². The van der Waals surface area contributed by atoms with Crippen molar-refractivity contribution in [3.8, 4) is 0 Å². The van der Waals surface area contributed by atoms with E-state index in [-0.39, 0.29) is 0 Å². The maximum atomic E-state index is 4.43. The zero-order valence-corrected chi connectivity index (χ0v) is 11.9. The van der Waals surface area contributed by atoms with Gasteiger partial charge in [0.05, 0.1) is 5.52 Å². The number of nitrogens with zero attached hydrogens (tertiary/aromatic N) is 2. The Morgan fingerprint density at radius 3 is 2.65 bits per heavy atom. The van der Waals surface area contributed by atoms with Gasteiger partial charge < -0.3 is 0 Å². The summed E-state index contributed by atoms with van der Waals surface area (Å²) in [5.74, 6) is 0.515. The molecule has 2 aromatic heterocycles. The van der Waals surface area contributed by atoms with E-state index in [0.717, 1.165) is 11.9 Å². The number of hydrogen-bond acceptors (Lipinski definition) is 2. The van der Waals surface area contributed by atoms with Crippen LogP contribution in [0.25, 0.3) is 10.9 Å². The summed E-state index contributed by atoms with van der Waals surface area (Å²) in [7, 11) is 0. The van der Waals surface area contributed by atoms with E-state index in [2.05, 4.69) is 54.1 Å². The van der Waals surface area contributed by atoms with E-state index in [1.165, 1.54) is 22.1 Å². The smallest absolute Gasteiger partial charge is 0.0704 e. The maximum absolute atomic E-state index is 4.43. The van der Waals surface area contributed by atoms with Gasteiger partial charge in [0.15, 0.2) is 0 Å². The molecule has 0 aliphatic heterocycles. The van der Waals surface area contributed by atoms with Gasteiger partial charge in [-0.15, -0.1) is 0 Å². The molecule has 0 aliphatic carbocycles. The second-order valence-corrected chi connectivity index (χ2v) is 5.39. The highest BCUT2D eigenvalue weighted by Crippen LogP contribution is 2.24. The third-order valence-electron chi connectivity index (χ3n) is 3.68. The van der Waals surface area contributed by atoms with Gasteiger partial charge in [-0.3, -0.25) is 9.97 Å². The molecule has 2 heterocycles. The number of aromatic nitrogens is 2. The fourth-order valence-corrected chi connectivity index (χ4v) is 2.66. The van der Waals surface area contributed by atoms with Gasteiger partial charge in [-0.05, 0) is 47.2 Å². The molecule has 0 unspecified atom stereocenters. The Morgan fingerprint density at radius 1 is 0.950 bits per heavy atom. The van der Waals surface area contributed by atoms with Gasteiger partial charge >= 0.3 is 0 Å². The molecular formula is C18H18N2. The fraction of sp³-hybridized carbons (Fsp3) is 0.222. The monoisotopic (exact) mass is 262 g/mol. The van der Waals surface area contributed by atoms with Crippen molar-refractivity contribution >= 4 is 10.9 Å². The second-order valence-electron chi connectivity index (χ2n) is 5.39. The lowest BCUT2D eigenvalue weighted by Crippen LogP contribution is -1.99. The van der Waals surface area contributed by atoms with E-state index in [9.17, 15) is 0 Å². The van der Waals surface area contributed by atoms with E-state index in [1.54, 1.807) is 0 Å². The Morgan fingerprint density at radius 2 is 1.80 bits per heavy atom. The Hall–Kier alpha value is -2.22. The molecule has 2 heteroatoms. The summed E-state index contributed by atoms with van der Waals surface area (Å²) in [6.07, 6.45) is 6.67. The molecule has 0 atom stereocenters. The van der Waals surface area contributed by atoms with Gasteiger partial charge in [0.25, 0.3) is 0 Å². The van der Waals surface area contributed by atoms with Gasteiger partial charge in [0.2, 0.25) is 0 Å². The molecule has 0 saturated heterocycles. The largest absolute Gasteiger partial charge is 0.264 e. The van der Waals surface area contributed by atoms with Crippen LogP contribution in [0.5, 0.6) is 0 Å². The van der Waals surface area contributed by atoms with Crippen LogP contribution in [0.15, 0.2) is 55.0 Å². The summed E-state index contributed by atoms with van der Waals surface area (Å²) in [6, 6.07) is 12.5. The number of pyridine rings is 2. The van der Waals surface area contributed by atoms with Crippen molar-refractivity contribution < 1.29 is 0 Å². The van der Waals surface area contributed by atoms with Gasteiger partial charge in [0.1, 0.15) is 0 Å². The molecule has 100 valence electrons. The van der Waals surface area contributed by atoms with E-state index in [4.69, 9.17) is 0 Å². The van der Waals surface area contributed by atoms with Crippen molar-refractivity contribution in [2.45, 2.75) is 26.2 Å². The summed E-state index contributed by atoms with van der Waals surface area (Å²) < 4.78 is 0. The zero-order valence-electron chi connectivity index (χ0n) is 11.9. The van der Waals surface area contributed by atoms with Gasteiger partial charge in [-0.2, -0.15) is 0 Å². The Kier molecular flexibility index (Phi) is 3.46. The molecule has 0 saturated carbocycles. The number of hydrogen-bond donors (Lipinski definition) is 0. The number of para-hydroxylation sites is 1. The molecular weight excluding hydrogens is 244 g/mol. The highest BCUT2D eigenvalue weighted by atomic mass is 14.6. The van der Waals surface area contributed by atoms with Gasteiger partial charge in [-0.1, -0.05) is 32.0 Å². The highest BCUT2D eigenvalue weighted by molar-refractivity contribution is 5.82. The predicted octanol–water partition coefficient (Wildman–Crippen LogP) is 4.34. The first kappa shape index (κ1) is 12.8. The molecule has 0 amide bonds. The highest BCUT2D eigenvalue weighted by Gasteiger charge is 2.09. The van der Waals surface area contributed by atoms with Crippen LogP contribution in [0.1, 0.15) is 36.5 Å². The van der Waals surface area contributed by atoms with Crippen LogP contribution < -0.4 is 0 Å². The lowest BCUT2D eigenvalue weighted by molar-refractivity contribution is 0.843. The second kappa shape index (κ2) is 5.41. The Balaban J connectivity index is 2.06. The average Bonchev–Trinajstić information content (AvgIpc) is 2.48. The van der Waals surface area contributed by atoms with Crippen LogP contribution >= 0.6 is 0 Å². The third-order valence-corrected chi connectivity index (χ3v) is 3.68. The van der Waals surface area contributed by atoms with E-state index in [0.29, 0.717) is 5.92 Å². The average molecular weight is 262 g/mol. The topological polar surface area (TPSA) is 25.8 Å². The predicted molar refractivity (Wildman–Crippen MR) is 82.9 cm³/mol. The van der Waals surface area contributed by atoms with E-state index >= 15 is 0 Å². The molecule has 0 aliphatic rings. The lowest BCUT2D eigenvalue weighted by atomic mass is 9.94. The number of benzene rings is 1. The fourth-order valence-electron chi connectivity index (χ4n) is 2.66. The SMILES string of the molecule is CC(C)c1ccncc1Cc1ccnc2ccccc12. The quantitative estimate of drug-likeness (QED) is 0.701. The minimum absolute atomic E-state index is 0.515. The first-order valence-corrected chi connectivity index (χ1v) is 7.01. The maximum Gasteiger partial charge on any atom is 0.0704 e. The van der Waals surface area contributed by atoms with Crippen LogP contribution in [-0.4, -0.2) is 9.97 Å². The Bertz CT molecular complexity index is 727. The minimum atomic E-state index is 0.515. The Labute approximate surface area is 119 Å². The van der Waals surface area contributed by atoms with Crippen LogP contribution in [0.4, 0.5) is 0 Å². The first-order chi connectivity index (χ1) is 9.75. The first-order valence-electron chi connectivity index (χ1n) is 7.01. The molecule has 20 heavy (non-hydrogen) atoms. The molecule has 3 rings (SSSR count). The van der Waals surface area contributed by atoms with Crippen LogP contribution in [0.2, 0.25) is 0 Å². The van der Waals surface area contributed by atoms with Crippen LogP contribution in [-0.2, 0) is 6.42 Å². The summed E-state index contributed by atoms with van der Waals surface area (Å²) >= 11 is 0. The molecule has 0 bridgehead atoms. The number of fused-ring (bicyclic) bond motifs is 1. The standard InChI is InChI=1S/C18H18N2/c1-13(2)16-8-9-19-12-15(16)11-14-7-10-20-18-6-4-3-5-17(14)18/h3-10,12-13H,11H2,1-2H3. The summed E-state index contributed by atoms with van der Waals surface area (Å²) in [5.41, 5.74) is 5.05. The van der Waals surface area contributed by atoms with Crippen molar-refractivity contribution in [2.24, 2.45) is 0 Å². The van der Waals surface area contributed by atoms with Crippen LogP contribution in [0.3, 0.4) is 0 Å². The van der Waals surface area contributed by atoms with Gasteiger partial charge in [-0.25, -0.2) is 0 Å². The molecule has 0 N–H and O–H groups in total. The van der Waals surface area contributed by atoms with Crippen LogP contribution in [0, 0.1) is 0 Å². The van der Waals surface area contributed by atoms with Crippen molar-refractivity contribution in [3.05, 3.63) is 71.7 Å². The van der Waals surface area contributed by atoms with Crippen molar-refractivity contribution in [1.82, 2.24) is 9.97 Å². The van der Waals surface area contributed by atoms with E-state index < -0.39 is 0 Å². The molecule has 0 radical (unpaired) electrons. The molecule has 3 aromatic rings. The molecule has 0 spiro atoms. The van der Waals surface area contributed by atoms with Crippen molar-refractivity contribution in [2.75, 3.05) is 0 Å².